The first-order chi connectivity index (χ1) is 13.5. The summed E-state index contributed by atoms with van der Waals surface area (Å²) in [5.41, 5.74) is 1.16. The number of pyridine rings is 1. The molecule has 3 N–H and O–H groups in total. The molecule has 0 saturated heterocycles. The van der Waals surface area contributed by atoms with Gasteiger partial charge in [0, 0.05) is 28.7 Å². The maximum absolute atomic E-state index is 12.5. The number of amides is 1. The van der Waals surface area contributed by atoms with E-state index in [2.05, 4.69) is 20.5 Å². The lowest BCUT2D eigenvalue weighted by atomic mass is 9.86. The number of benzene rings is 1. The summed E-state index contributed by atoms with van der Waals surface area (Å²) in [6.45, 7) is 0. The molecule has 0 radical (unpaired) electrons. The van der Waals surface area contributed by atoms with Crippen LogP contribution in [0.3, 0.4) is 0 Å². The van der Waals surface area contributed by atoms with Crippen molar-refractivity contribution in [2.45, 2.75) is 24.5 Å². The van der Waals surface area contributed by atoms with Gasteiger partial charge in [-0.25, -0.2) is 4.98 Å². The third-order valence-electron chi connectivity index (χ3n) is 6.01. The van der Waals surface area contributed by atoms with Gasteiger partial charge in [-0.2, -0.15) is 5.10 Å². The first-order valence-electron chi connectivity index (χ1n) is 9.15. The van der Waals surface area contributed by atoms with Crippen LogP contribution in [0, 0.1) is 11.8 Å². The van der Waals surface area contributed by atoms with Crippen molar-refractivity contribution in [1.29, 1.82) is 0 Å². The van der Waals surface area contributed by atoms with Gasteiger partial charge in [0.25, 0.3) is 5.91 Å². The van der Waals surface area contributed by atoms with E-state index < -0.39 is 5.60 Å². The van der Waals surface area contributed by atoms with E-state index in [0.717, 1.165) is 16.5 Å². The van der Waals surface area contributed by atoms with Gasteiger partial charge in [-0.3, -0.25) is 9.89 Å². The predicted octanol–water partition coefficient (Wildman–Crippen LogP) is 2.65. The van der Waals surface area contributed by atoms with Crippen molar-refractivity contribution < 1.29 is 14.6 Å². The third kappa shape index (κ3) is 2.73. The third-order valence-corrected chi connectivity index (χ3v) is 6.23. The van der Waals surface area contributed by atoms with E-state index in [4.69, 9.17) is 16.3 Å². The van der Waals surface area contributed by atoms with Crippen LogP contribution in [0.4, 0.5) is 0 Å². The second-order valence-electron chi connectivity index (χ2n) is 7.64. The smallest absolute Gasteiger partial charge is 0.253 e. The average molecular weight is 399 g/mol. The number of carbonyl (C=O) groups excluding carboxylic acids is 1. The van der Waals surface area contributed by atoms with Crippen LogP contribution in [0.5, 0.6) is 5.88 Å². The Bertz CT molecular complexity index is 1050. The SMILES string of the molecule is COc1ccc(C(=O)NC2C3CC(O)(c4cc(Cl)cc5[nH]ncc45)CC32)cn1. The number of carbonyl (C=O) groups is 1. The molecule has 1 aromatic carbocycles. The second kappa shape index (κ2) is 6.18. The van der Waals surface area contributed by atoms with Gasteiger partial charge in [0.1, 0.15) is 0 Å². The second-order valence-corrected chi connectivity index (χ2v) is 8.08. The van der Waals surface area contributed by atoms with E-state index in [-0.39, 0.29) is 23.8 Å². The maximum Gasteiger partial charge on any atom is 0.253 e. The van der Waals surface area contributed by atoms with Crippen molar-refractivity contribution in [3.8, 4) is 5.88 Å². The number of halogens is 1. The summed E-state index contributed by atoms with van der Waals surface area (Å²) in [7, 11) is 1.53. The highest BCUT2D eigenvalue weighted by Gasteiger charge is 2.62. The standard InChI is InChI=1S/C20H19ClN4O3/c1-28-17-3-2-10(8-22-17)19(26)24-18-12-6-20(27,7-13(12)18)15-4-11(21)5-16-14(15)9-23-25-16/h2-5,8-9,12-13,18,27H,6-7H2,1H3,(H,23,25)(H,24,26). The highest BCUT2D eigenvalue weighted by Crippen LogP contribution is 2.60. The number of nitrogens with zero attached hydrogens (tertiary/aromatic N) is 2. The summed E-state index contributed by atoms with van der Waals surface area (Å²) in [6.07, 6.45) is 4.40. The molecule has 2 saturated carbocycles. The number of aromatic amines is 1. The zero-order chi connectivity index (χ0) is 19.5. The van der Waals surface area contributed by atoms with Gasteiger partial charge in [-0.05, 0) is 48.4 Å². The lowest BCUT2D eigenvalue weighted by Crippen LogP contribution is -2.33. The number of ether oxygens (including phenoxy) is 1. The minimum Gasteiger partial charge on any atom is -0.481 e. The molecule has 7 nitrogen and oxygen atoms in total. The van der Waals surface area contributed by atoms with Gasteiger partial charge in [0.2, 0.25) is 5.88 Å². The summed E-state index contributed by atoms with van der Waals surface area (Å²) in [4.78, 5) is 16.5. The van der Waals surface area contributed by atoms with Gasteiger partial charge in [-0.15, -0.1) is 0 Å². The summed E-state index contributed by atoms with van der Waals surface area (Å²) < 4.78 is 5.01. The van der Waals surface area contributed by atoms with Crippen LogP contribution in [-0.4, -0.2) is 39.3 Å². The summed E-state index contributed by atoms with van der Waals surface area (Å²) in [5.74, 6) is 0.817. The van der Waals surface area contributed by atoms with Crippen LogP contribution < -0.4 is 10.1 Å². The molecule has 2 heterocycles. The highest BCUT2D eigenvalue weighted by atomic mass is 35.5. The molecule has 1 amide bonds. The minimum absolute atomic E-state index is 0.0777. The molecule has 3 aromatic rings. The Balaban J connectivity index is 1.30. The van der Waals surface area contributed by atoms with Gasteiger partial charge in [0.05, 0.1) is 30.0 Å². The normalized spacial score (nSPS) is 28.2. The number of hydrogen-bond donors (Lipinski definition) is 3. The van der Waals surface area contributed by atoms with Gasteiger partial charge < -0.3 is 15.2 Å². The topological polar surface area (TPSA) is 100 Å². The van der Waals surface area contributed by atoms with E-state index in [9.17, 15) is 9.90 Å². The van der Waals surface area contributed by atoms with Crippen molar-refractivity contribution >= 4 is 28.4 Å². The van der Waals surface area contributed by atoms with Crippen molar-refractivity contribution in [2.75, 3.05) is 7.11 Å². The van der Waals surface area contributed by atoms with Crippen molar-refractivity contribution in [3.63, 3.8) is 0 Å². The molecule has 2 fully saturated rings. The van der Waals surface area contributed by atoms with Crippen LogP contribution in [0.15, 0.2) is 36.7 Å². The van der Waals surface area contributed by atoms with Crippen LogP contribution in [0.2, 0.25) is 5.02 Å². The molecule has 144 valence electrons. The van der Waals surface area contributed by atoms with Crippen LogP contribution in [0.1, 0.15) is 28.8 Å². The molecule has 8 heteroatoms. The molecule has 2 aliphatic carbocycles. The lowest BCUT2D eigenvalue weighted by Gasteiger charge is -2.27. The highest BCUT2D eigenvalue weighted by molar-refractivity contribution is 6.31. The lowest BCUT2D eigenvalue weighted by molar-refractivity contribution is 0.0293. The van der Waals surface area contributed by atoms with E-state index in [1.165, 1.54) is 13.3 Å². The zero-order valence-electron chi connectivity index (χ0n) is 15.1. The Morgan fingerprint density at radius 2 is 2.11 bits per heavy atom. The molecule has 0 bridgehead atoms. The average Bonchev–Trinajstić information content (AvgIpc) is 3.06. The first-order valence-corrected chi connectivity index (χ1v) is 9.53. The molecule has 0 spiro atoms. The maximum atomic E-state index is 12.5. The molecule has 0 aliphatic heterocycles. The number of aromatic nitrogens is 3. The van der Waals surface area contributed by atoms with E-state index in [1.54, 1.807) is 24.4 Å². The molecule has 2 aliphatic rings. The quantitative estimate of drug-likeness (QED) is 0.627. The summed E-state index contributed by atoms with van der Waals surface area (Å²) >= 11 is 6.22. The Labute approximate surface area is 166 Å². The minimum atomic E-state index is -0.953. The van der Waals surface area contributed by atoms with Crippen molar-refractivity contribution in [1.82, 2.24) is 20.5 Å². The Morgan fingerprint density at radius 1 is 1.32 bits per heavy atom. The molecule has 28 heavy (non-hydrogen) atoms. The Hall–Kier alpha value is -2.64. The van der Waals surface area contributed by atoms with Gasteiger partial charge in [-0.1, -0.05) is 11.6 Å². The largest absolute Gasteiger partial charge is 0.481 e. The Morgan fingerprint density at radius 3 is 2.79 bits per heavy atom. The monoisotopic (exact) mass is 398 g/mol. The predicted molar refractivity (Wildman–Crippen MR) is 103 cm³/mol. The summed E-state index contributed by atoms with van der Waals surface area (Å²) in [6, 6.07) is 7.06. The fourth-order valence-corrected chi connectivity index (χ4v) is 4.79. The Kier molecular flexibility index (Phi) is 3.86. The molecular formula is C20H19ClN4O3. The number of hydrogen-bond acceptors (Lipinski definition) is 5. The number of methoxy groups -OCH3 is 1. The van der Waals surface area contributed by atoms with Crippen molar-refractivity contribution in [3.05, 3.63) is 52.8 Å². The molecule has 2 unspecified atom stereocenters. The molecule has 2 atom stereocenters. The fraction of sp³-hybridized carbons (Fsp3) is 0.350. The van der Waals surface area contributed by atoms with Crippen LogP contribution in [-0.2, 0) is 5.60 Å². The number of H-pyrrole nitrogens is 1. The molecule has 2 aromatic heterocycles. The first kappa shape index (κ1) is 17.5. The van der Waals surface area contributed by atoms with Crippen LogP contribution >= 0.6 is 11.6 Å². The van der Waals surface area contributed by atoms with Crippen LogP contribution in [0.25, 0.3) is 10.9 Å². The molecular weight excluding hydrogens is 380 g/mol. The zero-order valence-corrected chi connectivity index (χ0v) is 15.9. The van der Waals surface area contributed by atoms with E-state index >= 15 is 0 Å². The number of fused-ring (bicyclic) bond motifs is 2. The number of aliphatic hydroxyl groups is 1. The molecule has 5 rings (SSSR count). The fourth-order valence-electron chi connectivity index (χ4n) is 4.57. The number of rotatable bonds is 4. The van der Waals surface area contributed by atoms with E-state index in [1.807, 2.05) is 6.07 Å². The van der Waals surface area contributed by atoms with Crippen molar-refractivity contribution in [2.24, 2.45) is 11.8 Å². The van der Waals surface area contributed by atoms with Gasteiger partial charge in [0.15, 0.2) is 0 Å². The summed E-state index contributed by atoms with van der Waals surface area (Å²) in [5, 5.41) is 22.8. The number of nitrogens with one attached hydrogen (secondary N) is 2. The van der Waals surface area contributed by atoms with Gasteiger partial charge >= 0.3 is 0 Å². The van der Waals surface area contributed by atoms with E-state index in [0.29, 0.717) is 29.3 Å².